The van der Waals surface area contributed by atoms with Gasteiger partial charge in [0.05, 0.1) is 5.52 Å². The van der Waals surface area contributed by atoms with Crippen molar-refractivity contribution in [2.24, 2.45) is 0 Å². The van der Waals surface area contributed by atoms with Crippen molar-refractivity contribution in [2.75, 3.05) is 26.3 Å². The van der Waals surface area contributed by atoms with Crippen LogP contribution in [0.3, 0.4) is 0 Å². The Kier molecular flexibility index (Phi) is 7.11. The van der Waals surface area contributed by atoms with E-state index in [1.807, 2.05) is 18.2 Å². The summed E-state index contributed by atoms with van der Waals surface area (Å²) in [6.07, 6.45) is 3.20. The summed E-state index contributed by atoms with van der Waals surface area (Å²) in [6, 6.07) is 12.3. The van der Waals surface area contributed by atoms with Crippen molar-refractivity contribution < 1.29 is 28.2 Å². The number of pyridine rings is 1. The molecule has 0 radical (unpaired) electrons. The van der Waals surface area contributed by atoms with Crippen LogP contribution in [0.15, 0.2) is 42.5 Å². The van der Waals surface area contributed by atoms with Crippen LogP contribution in [0.25, 0.3) is 10.9 Å². The number of imide groups is 1. The van der Waals surface area contributed by atoms with E-state index < -0.39 is 11.9 Å². The number of ether oxygens (including phenoxy) is 2. The molecule has 3 saturated heterocycles. The zero-order valence-electron chi connectivity index (χ0n) is 23.3. The van der Waals surface area contributed by atoms with Crippen molar-refractivity contribution >= 4 is 28.6 Å². The molecule has 2 atom stereocenters. The molecule has 5 heterocycles. The van der Waals surface area contributed by atoms with Gasteiger partial charge in [0.25, 0.3) is 5.91 Å². The monoisotopic (exact) mass is 572 g/mol. The second kappa shape index (κ2) is 11.1. The fraction of sp³-hybridized carbons (Fsp3) is 0.438. The number of hydrogen-bond donors (Lipinski definition) is 1. The number of nitrogens with zero attached hydrogens (tertiary/aromatic N) is 3. The Morgan fingerprint density at radius 1 is 1.02 bits per heavy atom. The Balaban J connectivity index is 0.979. The lowest BCUT2D eigenvalue weighted by Crippen LogP contribution is -2.52. The minimum atomic E-state index is -0.643. The maximum Gasteiger partial charge on any atom is 0.255 e. The van der Waals surface area contributed by atoms with E-state index in [1.54, 1.807) is 18.2 Å². The summed E-state index contributed by atoms with van der Waals surface area (Å²) in [4.78, 5) is 45.3. The van der Waals surface area contributed by atoms with E-state index in [1.165, 1.54) is 4.90 Å². The maximum atomic E-state index is 15.2. The number of halogens is 1. The Morgan fingerprint density at radius 3 is 2.71 bits per heavy atom. The standard InChI is InChI=1S/C32H33FN4O5/c33-26-15-28-20(1-4-27(34-28)19-8-11-41-12-9-19)13-22(26)16-36-10-7-24(18-36)42-23-2-3-25-21(14-23)17-37(32(25)40)29-5-6-30(38)35-31(29)39/h1-4,13-15,19,24,29H,5-12,16-18H2,(H,35,38,39)/t24-,29-/m0/s1. The van der Waals surface area contributed by atoms with Crippen LogP contribution in [-0.4, -0.2) is 71.0 Å². The zero-order chi connectivity index (χ0) is 28.8. The highest BCUT2D eigenvalue weighted by atomic mass is 19.1. The molecule has 0 bridgehead atoms. The number of aromatic nitrogens is 1. The van der Waals surface area contributed by atoms with Crippen molar-refractivity contribution in [1.29, 1.82) is 0 Å². The van der Waals surface area contributed by atoms with Gasteiger partial charge in [-0.25, -0.2) is 4.39 Å². The molecular formula is C32H33FN4O5. The van der Waals surface area contributed by atoms with Crippen molar-refractivity contribution in [3.63, 3.8) is 0 Å². The zero-order valence-corrected chi connectivity index (χ0v) is 23.3. The highest BCUT2D eigenvalue weighted by Gasteiger charge is 2.39. The van der Waals surface area contributed by atoms with Gasteiger partial charge in [-0.05, 0) is 61.6 Å². The number of carbonyl (C=O) groups is 3. The van der Waals surface area contributed by atoms with E-state index in [-0.39, 0.29) is 30.2 Å². The highest BCUT2D eigenvalue weighted by molar-refractivity contribution is 6.05. The molecule has 4 aliphatic rings. The molecule has 1 aromatic heterocycles. The average Bonchev–Trinajstić information content (AvgIpc) is 3.56. The number of likely N-dealkylation sites (tertiary alicyclic amines) is 1. The molecule has 2 aromatic carbocycles. The molecule has 9 nitrogen and oxygen atoms in total. The molecule has 3 amide bonds. The van der Waals surface area contributed by atoms with Gasteiger partial charge in [-0.2, -0.15) is 0 Å². The first-order valence-electron chi connectivity index (χ1n) is 14.7. The quantitative estimate of drug-likeness (QED) is 0.450. The molecule has 0 aliphatic carbocycles. The smallest absolute Gasteiger partial charge is 0.255 e. The van der Waals surface area contributed by atoms with Crippen LogP contribution in [0.1, 0.15) is 65.2 Å². The number of benzene rings is 2. The second-order valence-corrected chi connectivity index (χ2v) is 11.7. The van der Waals surface area contributed by atoms with E-state index in [2.05, 4.69) is 16.3 Å². The molecule has 7 rings (SSSR count). The third-order valence-corrected chi connectivity index (χ3v) is 8.94. The summed E-state index contributed by atoms with van der Waals surface area (Å²) >= 11 is 0. The van der Waals surface area contributed by atoms with E-state index in [9.17, 15) is 14.4 Å². The van der Waals surface area contributed by atoms with Crippen molar-refractivity contribution in [3.8, 4) is 5.75 Å². The van der Waals surface area contributed by atoms with Crippen LogP contribution in [0, 0.1) is 5.82 Å². The molecule has 4 aliphatic heterocycles. The summed E-state index contributed by atoms with van der Waals surface area (Å²) in [7, 11) is 0. The molecule has 218 valence electrons. The van der Waals surface area contributed by atoms with Crippen LogP contribution in [0.4, 0.5) is 4.39 Å². The Labute approximate surface area is 243 Å². The lowest BCUT2D eigenvalue weighted by Gasteiger charge is -2.29. The van der Waals surface area contributed by atoms with Crippen molar-refractivity contribution in [2.45, 2.75) is 63.3 Å². The molecule has 3 aromatic rings. The van der Waals surface area contributed by atoms with Gasteiger partial charge >= 0.3 is 0 Å². The highest BCUT2D eigenvalue weighted by Crippen LogP contribution is 2.32. The maximum absolute atomic E-state index is 15.2. The van der Waals surface area contributed by atoms with Gasteiger partial charge in [0.1, 0.15) is 23.7 Å². The number of amides is 3. The Morgan fingerprint density at radius 2 is 1.88 bits per heavy atom. The third kappa shape index (κ3) is 5.25. The number of piperidine rings is 1. The van der Waals surface area contributed by atoms with Gasteiger partial charge in [-0.15, -0.1) is 0 Å². The number of nitrogens with one attached hydrogen (secondary N) is 1. The first kappa shape index (κ1) is 27.0. The molecule has 10 heteroatoms. The van der Waals surface area contributed by atoms with E-state index >= 15 is 4.39 Å². The van der Waals surface area contributed by atoms with Gasteiger partial charge in [-0.1, -0.05) is 6.07 Å². The SMILES string of the molecule is O=C1CC[C@H](N2Cc3cc(O[C@H]4CCN(Cc5cc6ccc(C7CCOCC7)nc6cc5F)C4)ccc3C2=O)C(=O)N1. The minimum Gasteiger partial charge on any atom is -0.489 e. The predicted molar refractivity (Wildman–Crippen MR) is 151 cm³/mol. The summed E-state index contributed by atoms with van der Waals surface area (Å²) < 4.78 is 26.9. The van der Waals surface area contributed by atoms with E-state index in [4.69, 9.17) is 14.5 Å². The summed E-state index contributed by atoms with van der Waals surface area (Å²) in [6.45, 7) is 3.73. The number of hydrogen-bond acceptors (Lipinski definition) is 7. The van der Waals surface area contributed by atoms with Crippen LogP contribution in [-0.2, 0) is 27.4 Å². The van der Waals surface area contributed by atoms with Crippen LogP contribution in [0.5, 0.6) is 5.75 Å². The lowest BCUT2D eigenvalue weighted by atomic mass is 9.95. The van der Waals surface area contributed by atoms with Crippen molar-refractivity contribution in [1.82, 2.24) is 20.1 Å². The Bertz CT molecular complexity index is 1570. The third-order valence-electron chi connectivity index (χ3n) is 8.94. The molecule has 1 N–H and O–H groups in total. The molecule has 0 spiro atoms. The van der Waals surface area contributed by atoms with Crippen molar-refractivity contribution in [3.05, 3.63) is 70.7 Å². The largest absolute Gasteiger partial charge is 0.489 e. The van der Waals surface area contributed by atoms with E-state index in [0.717, 1.165) is 55.7 Å². The predicted octanol–water partition coefficient (Wildman–Crippen LogP) is 3.68. The molecule has 0 unspecified atom stereocenters. The van der Waals surface area contributed by atoms with Crippen LogP contribution in [0.2, 0.25) is 0 Å². The average molecular weight is 573 g/mol. The van der Waals surface area contributed by atoms with E-state index in [0.29, 0.717) is 54.4 Å². The molecular weight excluding hydrogens is 539 g/mol. The topological polar surface area (TPSA) is 101 Å². The normalized spacial score (nSPS) is 23.5. The summed E-state index contributed by atoms with van der Waals surface area (Å²) in [5.74, 6) is -0.141. The molecule has 3 fully saturated rings. The lowest BCUT2D eigenvalue weighted by molar-refractivity contribution is -0.136. The molecule has 42 heavy (non-hydrogen) atoms. The fourth-order valence-electron chi connectivity index (χ4n) is 6.64. The number of fused-ring (bicyclic) bond motifs is 2. The first-order valence-corrected chi connectivity index (χ1v) is 14.7. The Hall–Kier alpha value is -3.89. The second-order valence-electron chi connectivity index (χ2n) is 11.7. The van der Waals surface area contributed by atoms with Crippen LogP contribution >= 0.6 is 0 Å². The molecule has 0 saturated carbocycles. The van der Waals surface area contributed by atoms with Gasteiger partial charge in [-0.3, -0.25) is 29.6 Å². The summed E-state index contributed by atoms with van der Waals surface area (Å²) in [5, 5.41) is 3.27. The van der Waals surface area contributed by atoms with Gasteiger partial charge in [0.2, 0.25) is 11.8 Å². The van der Waals surface area contributed by atoms with Crippen LogP contribution < -0.4 is 10.1 Å². The van der Waals surface area contributed by atoms with Gasteiger partial charge in [0, 0.05) is 80.0 Å². The van der Waals surface area contributed by atoms with Gasteiger partial charge in [0.15, 0.2) is 0 Å². The minimum absolute atomic E-state index is 0.0568. The first-order chi connectivity index (χ1) is 20.4. The van der Waals surface area contributed by atoms with Gasteiger partial charge < -0.3 is 14.4 Å². The number of rotatable bonds is 6. The fourth-order valence-corrected chi connectivity index (χ4v) is 6.64. The summed E-state index contributed by atoms with van der Waals surface area (Å²) in [5.41, 5.74) is 3.71. The number of carbonyl (C=O) groups excluding carboxylic acids is 3.